The number of hydrogen-bond donors (Lipinski definition) is 2. The average Bonchev–Trinajstić information content (AvgIpc) is 3.05. The zero-order valence-corrected chi connectivity index (χ0v) is 12.3. The summed E-state index contributed by atoms with van der Waals surface area (Å²) in [4.78, 5) is 13.8. The van der Waals surface area contributed by atoms with E-state index in [9.17, 15) is 9.90 Å². The number of carboxylic acid groups (broad SMARTS) is 1. The molecule has 0 radical (unpaired) electrons. The van der Waals surface area contributed by atoms with Gasteiger partial charge in [-0.1, -0.05) is 6.42 Å². The van der Waals surface area contributed by atoms with Crippen LogP contribution in [0.25, 0.3) is 0 Å². The van der Waals surface area contributed by atoms with E-state index in [1.54, 1.807) is 0 Å². The van der Waals surface area contributed by atoms with Gasteiger partial charge in [-0.15, -0.1) is 0 Å². The van der Waals surface area contributed by atoms with E-state index >= 15 is 0 Å². The molecule has 2 aliphatic carbocycles. The van der Waals surface area contributed by atoms with Crippen molar-refractivity contribution in [3.8, 4) is 0 Å². The molecule has 2 saturated carbocycles. The van der Waals surface area contributed by atoms with Crippen LogP contribution >= 0.6 is 0 Å². The van der Waals surface area contributed by atoms with Crippen LogP contribution in [0.1, 0.15) is 58.3 Å². The van der Waals surface area contributed by atoms with Gasteiger partial charge in [0, 0.05) is 12.1 Å². The van der Waals surface area contributed by atoms with Crippen LogP contribution in [-0.4, -0.2) is 47.2 Å². The molecule has 0 bridgehead atoms. The largest absolute Gasteiger partial charge is 0.480 e. The predicted molar refractivity (Wildman–Crippen MR) is 76.3 cm³/mol. The molecule has 4 heteroatoms. The fourth-order valence-electron chi connectivity index (χ4n) is 2.77. The Morgan fingerprint density at radius 2 is 2.00 bits per heavy atom. The van der Waals surface area contributed by atoms with E-state index in [1.807, 2.05) is 6.92 Å². The van der Waals surface area contributed by atoms with Crippen LogP contribution in [0.15, 0.2) is 0 Å². The number of nitrogens with one attached hydrogen (secondary N) is 1. The average molecular weight is 268 g/mol. The summed E-state index contributed by atoms with van der Waals surface area (Å²) in [5.74, 6) is -0.702. The van der Waals surface area contributed by atoms with E-state index in [-0.39, 0.29) is 0 Å². The summed E-state index contributed by atoms with van der Waals surface area (Å²) in [5, 5.41) is 12.7. The molecule has 0 heterocycles. The first-order chi connectivity index (χ1) is 9.01. The second-order valence-electron chi connectivity index (χ2n) is 6.58. The van der Waals surface area contributed by atoms with Crippen LogP contribution in [0.5, 0.6) is 0 Å². The van der Waals surface area contributed by atoms with E-state index in [2.05, 4.69) is 17.3 Å². The highest BCUT2D eigenvalue weighted by Gasteiger charge is 2.37. The van der Waals surface area contributed by atoms with E-state index in [1.165, 1.54) is 19.3 Å². The number of unbranched alkanes of at least 4 members (excludes halogenated alkanes) is 1. The van der Waals surface area contributed by atoms with Crippen molar-refractivity contribution in [3.05, 3.63) is 0 Å². The van der Waals surface area contributed by atoms with Gasteiger partial charge < -0.3 is 10.0 Å². The zero-order chi connectivity index (χ0) is 13.9. The van der Waals surface area contributed by atoms with Crippen LogP contribution in [0.3, 0.4) is 0 Å². The minimum absolute atomic E-state index is 0.443. The van der Waals surface area contributed by atoms with Gasteiger partial charge in [0.1, 0.15) is 5.54 Å². The Bertz CT molecular complexity index is 313. The lowest BCUT2D eigenvalue weighted by molar-refractivity contribution is -0.144. The second kappa shape index (κ2) is 6.23. The predicted octanol–water partition coefficient (Wildman–Crippen LogP) is 2.24. The summed E-state index contributed by atoms with van der Waals surface area (Å²) in [5.41, 5.74) is -0.726. The van der Waals surface area contributed by atoms with E-state index in [4.69, 9.17) is 0 Å². The summed E-state index contributed by atoms with van der Waals surface area (Å²) in [6.07, 6.45) is 9.14. The van der Waals surface area contributed by atoms with Gasteiger partial charge >= 0.3 is 5.97 Å². The molecule has 2 N–H and O–H groups in total. The Labute approximate surface area is 116 Å². The van der Waals surface area contributed by atoms with Crippen LogP contribution in [0.2, 0.25) is 0 Å². The number of carbonyl (C=O) groups is 1. The molecule has 19 heavy (non-hydrogen) atoms. The Balaban J connectivity index is 1.65. The molecule has 2 rings (SSSR count). The number of rotatable bonds is 9. The Kier molecular flexibility index (Phi) is 4.85. The molecule has 110 valence electrons. The number of hydrogen-bond acceptors (Lipinski definition) is 3. The van der Waals surface area contributed by atoms with Gasteiger partial charge in [0.15, 0.2) is 0 Å². The Morgan fingerprint density at radius 3 is 2.47 bits per heavy atom. The maximum Gasteiger partial charge on any atom is 0.323 e. The molecule has 2 fully saturated rings. The minimum Gasteiger partial charge on any atom is -0.480 e. The molecule has 0 aromatic heterocycles. The maximum atomic E-state index is 11.4. The molecule has 4 nitrogen and oxygen atoms in total. The normalized spacial score (nSPS) is 23.1. The molecule has 0 aliphatic heterocycles. The van der Waals surface area contributed by atoms with Crippen LogP contribution in [-0.2, 0) is 4.79 Å². The fraction of sp³-hybridized carbons (Fsp3) is 0.933. The van der Waals surface area contributed by atoms with Gasteiger partial charge in [-0.05, 0) is 65.5 Å². The van der Waals surface area contributed by atoms with Crippen molar-refractivity contribution < 1.29 is 9.90 Å². The van der Waals surface area contributed by atoms with Crippen molar-refractivity contribution in [2.24, 2.45) is 0 Å². The molecule has 0 aromatic rings. The van der Waals surface area contributed by atoms with Gasteiger partial charge in [-0.2, -0.15) is 0 Å². The van der Waals surface area contributed by atoms with Crippen LogP contribution < -0.4 is 5.32 Å². The van der Waals surface area contributed by atoms with Crippen molar-refractivity contribution >= 4 is 5.97 Å². The molecule has 0 aromatic carbocycles. The summed E-state index contributed by atoms with van der Waals surface area (Å²) >= 11 is 0. The molecule has 0 amide bonds. The SMILES string of the molecule is CN(CCCCC(C)(NC1CC1)C(=O)O)C1CCC1. The summed E-state index contributed by atoms with van der Waals surface area (Å²) in [6, 6.07) is 1.23. The summed E-state index contributed by atoms with van der Waals surface area (Å²) < 4.78 is 0. The third-order valence-electron chi connectivity index (χ3n) is 4.71. The van der Waals surface area contributed by atoms with Crippen molar-refractivity contribution in [1.29, 1.82) is 0 Å². The lowest BCUT2D eigenvalue weighted by Gasteiger charge is -2.35. The van der Waals surface area contributed by atoms with Crippen molar-refractivity contribution in [2.45, 2.75) is 75.9 Å². The first-order valence-corrected chi connectivity index (χ1v) is 7.72. The van der Waals surface area contributed by atoms with E-state index in [0.29, 0.717) is 6.04 Å². The molecule has 0 spiro atoms. The third-order valence-corrected chi connectivity index (χ3v) is 4.71. The molecule has 0 saturated heterocycles. The van der Waals surface area contributed by atoms with Gasteiger partial charge in [0.2, 0.25) is 0 Å². The molecule has 1 unspecified atom stereocenters. The standard InChI is InChI=1S/C15H28N2O2/c1-15(14(18)19,16-12-8-9-12)10-3-4-11-17(2)13-6-5-7-13/h12-13,16H,3-11H2,1-2H3,(H,18,19). The van der Waals surface area contributed by atoms with Crippen molar-refractivity contribution in [3.63, 3.8) is 0 Å². The first-order valence-electron chi connectivity index (χ1n) is 7.72. The van der Waals surface area contributed by atoms with Gasteiger partial charge in [0.05, 0.1) is 0 Å². The number of carboxylic acids is 1. The topological polar surface area (TPSA) is 52.6 Å². The lowest BCUT2D eigenvalue weighted by Crippen LogP contribution is -2.50. The van der Waals surface area contributed by atoms with Gasteiger partial charge in [-0.3, -0.25) is 10.1 Å². The molecule has 2 aliphatic rings. The van der Waals surface area contributed by atoms with Crippen molar-refractivity contribution in [2.75, 3.05) is 13.6 Å². The number of aliphatic carboxylic acids is 1. The quantitative estimate of drug-likeness (QED) is 0.630. The monoisotopic (exact) mass is 268 g/mol. The Hall–Kier alpha value is -0.610. The van der Waals surface area contributed by atoms with Crippen LogP contribution in [0.4, 0.5) is 0 Å². The summed E-state index contributed by atoms with van der Waals surface area (Å²) in [7, 11) is 2.20. The van der Waals surface area contributed by atoms with Crippen molar-refractivity contribution in [1.82, 2.24) is 10.2 Å². The second-order valence-corrected chi connectivity index (χ2v) is 6.58. The van der Waals surface area contributed by atoms with Gasteiger partial charge in [-0.25, -0.2) is 0 Å². The summed E-state index contributed by atoms with van der Waals surface area (Å²) in [6.45, 7) is 2.94. The first kappa shape index (κ1) is 14.8. The van der Waals surface area contributed by atoms with E-state index < -0.39 is 11.5 Å². The smallest absolute Gasteiger partial charge is 0.323 e. The molecule has 1 atom stereocenters. The van der Waals surface area contributed by atoms with Gasteiger partial charge in [0.25, 0.3) is 0 Å². The van der Waals surface area contributed by atoms with Crippen LogP contribution in [0, 0.1) is 0 Å². The highest BCUT2D eigenvalue weighted by atomic mass is 16.4. The maximum absolute atomic E-state index is 11.4. The third kappa shape index (κ3) is 4.18. The Morgan fingerprint density at radius 1 is 1.32 bits per heavy atom. The zero-order valence-electron chi connectivity index (χ0n) is 12.3. The number of nitrogens with zero attached hydrogens (tertiary/aromatic N) is 1. The lowest BCUT2D eigenvalue weighted by atomic mass is 9.91. The van der Waals surface area contributed by atoms with E-state index in [0.717, 1.165) is 44.7 Å². The minimum atomic E-state index is -0.726. The highest BCUT2D eigenvalue weighted by Crippen LogP contribution is 2.26. The highest BCUT2D eigenvalue weighted by molar-refractivity contribution is 5.78. The fourth-order valence-corrected chi connectivity index (χ4v) is 2.77. The molecular weight excluding hydrogens is 240 g/mol. The molecular formula is C15H28N2O2.